The van der Waals surface area contributed by atoms with Gasteiger partial charge in [0, 0.05) is 36.2 Å². The fourth-order valence-corrected chi connectivity index (χ4v) is 3.93. The normalized spacial score (nSPS) is 11.4. The Morgan fingerprint density at radius 3 is 2.67 bits per heavy atom. The minimum absolute atomic E-state index is 0.0658. The number of sulfonamides is 1. The number of nitrogens with one attached hydrogen (secondary N) is 1. The monoisotopic (exact) mass is 384 g/mol. The summed E-state index contributed by atoms with van der Waals surface area (Å²) in [5.41, 5.74) is 1.05. The summed E-state index contributed by atoms with van der Waals surface area (Å²) in [6.45, 7) is 0.840. The standard InChI is InChI=1S/C20H20N2O4S/c23-20(10-5-13-26-15-16-6-2-1-3-7-16)22-27(24,25)19-9-4-8-17-14-21-12-11-18(17)19/h1-4,6-9,11-12,14H,5,10,13,15H2,(H,22,23). The SMILES string of the molecule is O=C(CCCOCc1ccccc1)NS(=O)(=O)c1cccc2cnccc12. The summed E-state index contributed by atoms with van der Waals surface area (Å²) in [5, 5.41) is 1.22. The van der Waals surface area contributed by atoms with Gasteiger partial charge in [-0.2, -0.15) is 0 Å². The number of pyridine rings is 1. The molecule has 0 fully saturated rings. The predicted octanol–water partition coefficient (Wildman–Crippen LogP) is 3.04. The number of aromatic nitrogens is 1. The Bertz CT molecular complexity index is 1020. The molecule has 0 radical (unpaired) electrons. The number of amides is 1. The van der Waals surface area contributed by atoms with Gasteiger partial charge in [-0.3, -0.25) is 9.78 Å². The van der Waals surface area contributed by atoms with Crippen molar-refractivity contribution in [3.63, 3.8) is 0 Å². The highest BCUT2D eigenvalue weighted by atomic mass is 32.2. The summed E-state index contributed by atoms with van der Waals surface area (Å²) in [5.74, 6) is -0.552. The summed E-state index contributed by atoms with van der Waals surface area (Å²) in [7, 11) is -3.94. The smallest absolute Gasteiger partial charge is 0.264 e. The zero-order valence-electron chi connectivity index (χ0n) is 14.7. The molecule has 140 valence electrons. The Labute approximate surface area is 158 Å². The van der Waals surface area contributed by atoms with Gasteiger partial charge in [-0.05, 0) is 24.1 Å². The van der Waals surface area contributed by atoms with Gasteiger partial charge in [-0.1, -0.05) is 42.5 Å². The second kappa shape index (κ2) is 8.75. The van der Waals surface area contributed by atoms with Gasteiger partial charge in [0.1, 0.15) is 0 Å². The van der Waals surface area contributed by atoms with Gasteiger partial charge in [0.2, 0.25) is 5.91 Å². The molecule has 2 aromatic carbocycles. The Kier molecular flexibility index (Phi) is 6.16. The van der Waals surface area contributed by atoms with E-state index >= 15 is 0 Å². The van der Waals surface area contributed by atoms with E-state index in [0.29, 0.717) is 30.4 Å². The molecule has 0 atom stereocenters. The molecule has 27 heavy (non-hydrogen) atoms. The zero-order valence-corrected chi connectivity index (χ0v) is 15.5. The molecule has 1 amide bonds. The summed E-state index contributed by atoms with van der Waals surface area (Å²) >= 11 is 0. The topological polar surface area (TPSA) is 85.4 Å². The Balaban J connectivity index is 1.52. The summed E-state index contributed by atoms with van der Waals surface area (Å²) < 4.78 is 32.7. The summed E-state index contributed by atoms with van der Waals surface area (Å²) in [6.07, 6.45) is 3.61. The molecule has 1 heterocycles. The number of carbonyl (C=O) groups excluding carboxylic acids is 1. The van der Waals surface area contributed by atoms with Gasteiger partial charge in [0.25, 0.3) is 10.0 Å². The van der Waals surface area contributed by atoms with Crippen molar-refractivity contribution in [2.24, 2.45) is 0 Å². The van der Waals surface area contributed by atoms with Gasteiger partial charge in [0.05, 0.1) is 11.5 Å². The van der Waals surface area contributed by atoms with E-state index in [1.54, 1.807) is 24.4 Å². The number of hydrogen-bond donors (Lipinski definition) is 1. The highest BCUT2D eigenvalue weighted by Gasteiger charge is 2.19. The molecule has 0 aliphatic heterocycles. The van der Waals surface area contributed by atoms with Crippen LogP contribution in [-0.2, 0) is 26.2 Å². The molecule has 0 aliphatic rings. The number of nitrogens with zero attached hydrogens (tertiary/aromatic N) is 1. The first-order chi connectivity index (χ1) is 13.1. The molecular weight excluding hydrogens is 364 g/mol. The fraction of sp³-hybridized carbons (Fsp3) is 0.200. The van der Waals surface area contributed by atoms with Crippen LogP contribution >= 0.6 is 0 Å². The molecular formula is C20H20N2O4S. The van der Waals surface area contributed by atoms with E-state index in [1.165, 1.54) is 12.3 Å². The largest absolute Gasteiger partial charge is 0.377 e. The van der Waals surface area contributed by atoms with Crippen LogP contribution in [0.4, 0.5) is 0 Å². The Morgan fingerprint density at radius 2 is 1.85 bits per heavy atom. The van der Waals surface area contributed by atoms with Crippen LogP contribution in [0.5, 0.6) is 0 Å². The highest BCUT2D eigenvalue weighted by molar-refractivity contribution is 7.90. The maximum atomic E-state index is 12.5. The van der Waals surface area contributed by atoms with Crippen molar-refractivity contribution in [3.8, 4) is 0 Å². The first kappa shape index (κ1) is 19.0. The predicted molar refractivity (Wildman–Crippen MR) is 102 cm³/mol. The Morgan fingerprint density at radius 1 is 1.04 bits per heavy atom. The quantitative estimate of drug-likeness (QED) is 0.604. The third-order valence-corrected chi connectivity index (χ3v) is 5.41. The summed E-state index contributed by atoms with van der Waals surface area (Å²) in [4.78, 5) is 16.1. The fourth-order valence-electron chi connectivity index (χ4n) is 2.68. The van der Waals surface area contributed by atoms with Crippen LogP contribution in [-0.4, -0.2) is 25.9 Å². The van der Waals surface area contributed by atoms with Crippen LogP contribution < -0.4 is 4.72 Å². The van der Waals surface area contributed by atoms with Crippen LogP contribution in [0.2, 0.25) is 0 Å². The first-order valence-electron chi connectivity index (χ1n) is 8.56. The van der Waals surface area contributed by atoms with Gasteiger partial charge in [0.15, 0.2) is 0 Å². The number of benzene rings is 2. The number of carbonyl (C=O) groups is 1. The summed E-state index contributed by atoms with van der Waals surface area (Å²) in [6, 6.07) is 16.2. The minimum Gasteiger partial charge on any atom is -0.377 e. The number of hydrogen-bond acceptors (Lipinski definition) is 5. The second-order valence-electron chi connectivity index (χ2n) is 6.02. The molecule has 6 nitrogen and oxygen atoms in total. The lowest BCUT2D eigenvalue weighted by atomic mass is 10.2. The minimum atomic E-state index is -3.94. The highest BCUT2D eigenvalue weighted by Crippen LogP contribution is 2.21. The van der Waals surface area contributed by atoms with Crippen molar-refractivity contribution < 1.29 is 17.9 Å². The van der Waals surface area contributed by atoms with Crippen molar-refractivity contribution in [3.05, 3.63) is 72.6 Å². The average molecular weight is 384 g/mol. The van der Waals surface area contributed by atoms with Crippen LogP contribution in [0, 0.1) is 0 Å². The maximum absolute atomic E-state index is 12.5. The van der Waals surface area contributed by atoms with E-state index in [9.17, 15) is 13.2 Å². The molecule has 0 bridgehead atoms. The number of rotatable bonds is 8. The van der Waals surface area contributed by atoms with Gasteiger partial charge in [-0.15, -0.1) is 0 Å². The van der Waals surface area contributed by atoms with Crippen LogP contribution in [0.25, 0.3) is 10.8 Å². The zero-order chi connectivity index (χ0) is 19.1. The van der Waals surface area contributed by atoms with E-state index in [-0.39, 0.29) is 11.3 Å². The number of ether oxygens (including phenoxy) is 1. The molecule has 1 N–H and O–H groups in total. The lowest BCUT2D eigenvalue weighted by Crippen LogP contribution is -2.30. The van der Waals surface area contributed by atoms with Gasteiger partial charge >= 0.3 is 0 Å². The lowest BCUT2D eigenvalue weighted by Gasteiger charge is -2.09. The second-order valence-corrected chi connectivity index (χ2v) is 7.67. The molecule has 3 aromatic rings. The van der Waals surface area contributed by atoms with Crippen molar-refractivity contribution >= 4 is 26.7 Å². The lowest BCUT2D eigenvalue weighted by molar-refractivity contribution is -0.119. The van der Waals surface area contributed by atoms with Gasteiger partial charge < -0.3 is 4.74 Å². The van der Waals surface area contributed by atoms with Crippen molar-refractivity contribution in [2.75, 3.05) is 6.61 Å². The van der Waals surface area contributed by atoms with Crippen LogP contribution in [0.1, 0.15) is 18.4 Å². The molecule has 7 heteroatoms. The number of fused-ring (bicyclic) bond motifs is 1. The van der Waals surface area contributed by atoms with E-state index in [2.05, 4.69) is 9.71 Å². The first-order valence-corrected chi connectivity index (χ1v) is 10.0. The van der Waals surface area contributed by atoms with E-state index in [0.717, 1.165) is 5.56 Å². The van der Waals surface area contributed by atoms with Crippen LogP contribution in [0.15, 0.2) is 71.9 Å². The molecule has 1 aromatic heterocycles. The Hall–Kier alpha value is -2.77. The molecule has 0 spiro atoms. The molecule has 3 rings (SSSR count). The van der Waals surface area contributed by atoms with Crippen molar-refractivity contribution in [1.82, 2.24) is 9.71 Å². The van der Waals surface area contributed by atoms with Crippen molar-refractivity contribution in [1.29, 1.82) is 0 Å². The van der Waals surface area contributed by atoms with E-state index in [4.69, 9.17) is 4.74 Å². The van der Waals surface area contributed by atoms with Gasteiger partial charge in [-0.25, -0.2) is 13.1 Å². The third kappa shape index (κ3) is 5.12. The van der Waals surface area contributed by atoms with Crippen molar-refractivity contribution in [2.45, 2.75) is 24.3 Å². The third-order valence-electron chi connectivity index (χ3n) is 3.98. The molecule has 0 aliphatic carbocycles. The average Bonchev–Trinajstić information content (AvgIpc) is 2.67. The molecule has 0 saturated carbocycles. The molecule has 0 saturated heterocycles. The van der Waals surface area contributed by atoms with Crippen LogP contribution in [0.3, 0.4) is 0 Å². The maximum Gasteiger partial charge on any atom is 0.264 e. The van der Waals surface area contributed by atoms with E-state index < -0.39 is 15.9 Å². The van der Waals surface area contributed by atoms with E-state index in [1.807, 2.05) is 30.3 Å². The molecule has 0 unspecified atom stereocenters.